The van der Waals surface area contributed by atoms with E-state index in [2.05, 4.69) is 5.32 Å². The summed E-state index contributed by atoms with van der Waals surface area (Å²) in [5, 5.41) is 11.8. The predicted molar refractivity (Wildman–Crippen MR) is 54.1 cm³/mol. The first-order valence-electron chi connectivity index (χ1n) is 5.77. The molecule has 2 rings (SSSR count). The molecule has 3 nitrogen and oxygen atoms in total. The van der Waals surface area contributed by atoms with Crippen LogP contribution in [-0.4, -0.2) is 29.1 Å². The second kappa shape index (κ2) is 3.95. The van der Waals surface area contributed by atoms with E-state index >= 15 is 0 Å². The average Bonchev–Trinajstić information content (AvgIpc) is 2.98. The third-order valence-corrected chi connectivity index (χ3v) is 3.63. The van der Waals surface area contributed by atoms with Gasteiger partial charge in [-0.15, -0.1) is 0 Å². The molecule has 0 heterocycles. The van der Waals surface area contributed by atoms with Crippen molar-refractivity contribution in [2.75, 3.05) is 6.61 Å². The molecule has 0 bridgehead atoms. The van der Waals surface area contributed by atoms with Gasteiger partial charge in [-0.3, -0.25) is 4.79 Å². The van der Waals surface area contributed by atoms with E-state index in [4.69, 9.17) is 5.11 Å². The summed E-state index contributed by atoms with van der Waals surface area (Å²) in [5.41, 5.74) is -0.433. The highest BCUT2D eigenvalue weighted by atomic mass is 19.3. The van der Waals surface area contributed by atoms with Crippen LogP contribution in [0.1, 0.15) is 38.5 Å². The minimum atomic E-state index is -2.59. The maximum absolute atomic E-state index is 12.9. The fourth-order valence-corrected chi connectivity index (χ4v) is 2.14. The van der Waals surface area contributed by atoms with Crippen LogP contribution >= 0.6 is 0 Å². The smallest absolute Gasteiger partial charge is 0.248 e. The number of aliphatic hydroxyl groups is 1. The standard InChI is InChI=1S/C11H17F2NO2/c12-11(13)3-1-8(2-4-11)9(16)14-10(7-15)5-6-10/h8,15H,1-7H2,(H,14,16). The molecule has 92 valence electrons. The van der Waals surface area contributed by atoms with Crippen LogP contribution in [0.4, 0.5) is 8.78 Å². The highest BCUT2D eigenvalue weighted by Gasteiger charge is 2.45. The fourth-order valence-electron chi connectivity index (χ4n) is 2.14. The van der Waals surface area contributed by atoms with Gasteiger partial charge in [-0.05, 0) is 25.7 Å². The number of hydrogen-bond acceptors (Lipinski definition) is 2. The highest BCUT2D eigenvalue weighted by Crippen LogP contribution is 2.38. The zero-order valence-electron chi connectivity index (χ0n) is 9.14. The maximum atomic E-state index is 12.9. The quantitative estimate of drug-likeness (QED) is 0.775. The van der Waals surface area contributed by atoms with E-state index in [1.165, 1.54) is 0 Å². The Hall–Kier alpha value is -0.710. The number of aliphatic hydroxyl groups excluding tert-OH is 1. The van der Waals surface area contributed by atoms with E-state index in [1.807, 2.05) is 0 Å². The van der Waals surface area contributed by atoms with E-state index in [0.717, 1.165) is 12.8 Å². The summed E-state index contributed by atoms with van der Waals surface area (Å²) in [5.74, 6) is -3.06. The Morgan fingerprint density at radius 2 is 1.81 bits per heavy atom. The van der Waals surface area contributed by atoms with Gasteiger partial charge in [0.25, 0.3) is 0 Å². The summed E-state index contributed by atoms with van der Waals surface area (Å²) in [6, 6.07) is 0. The van der Waals surface area contributed by atoms with E-state index in [1.54, 1.807) is 0 Å². The highest BCUT2D eigenvalue weighted by molar-refractivity contribution is 5.80. The van der Waals surface area contributed by atoms with Gasteiger partial charge in [0.2, 0.25) is 11.8 Å². The number of hydrogen-bond donors (Lipinski definition) is 2. The minimum absolute atomic E-state index is 0.0539. The number of carbonyl (C=O) groups is 1. The van der Waals surface area contributed by atoms with Gasteiger partial charge < -0.3 is 10.4 Å². The van der Waals surface area contributed by atoms with Crippen molar-refractivity contribution in [3.05, 3.63) is 0 Å². The van der Waals surface area contributed by atoms with Crippen molar-refractivity contribution >= 4 is 5.91 Å². The number of nitrogens with one attached hydrogen (secondary N) is 1. The number of carbonyl (C=O) groups excluding carboxylic acids is 1. The average molecular weight is 233 g/mol. The van der Waals surface area contributed by atoms with Gasteiger partial charge >= 0.3 is 0 Å². The molecular weight excluding hydrogens is 216 g/mol. The number of halogens is 2. The first-order chi connectivity index (χ1) is 7.46. The third-order valence-electron chi connectivity index (χ3n) is 3.63. The largest absolute Gasteiger partial charge is 0.394 e. The van der Waals surface area contributed by atoms with Crippen LogP contribution in [0.3, 0.4) is 0 Å². The molecule has 0 atom stereocenters. The number of amides is 1. The van der Waals surface area contributed by atoms with Gasteiger partial charge in [-0.25, -0.2) is 8.78 Å². The zero-order valence-corrected chi connectivity index (χ0v) is 9.14. The lowest BCUT2D eigenvalue weighted by Crippen LogP contribution is -2.44. The van der Waals surface area contributed by atoms with Gasteiger partial charge in [0.1, 0.15) is 0 Å². The second-order valence-electron chi connectivity index (χ2n) is 5.06. The lowest BCUT2D eigenvalue weighted by molar-refractivity contribution is -0.130. The molecule has 0 aromatic carbocycles. The Kier molecular flexibility index (Phi) is 2.90. The summed E-state index contributed by atoms with van der Waals surface area (Å²) in [6.45, 7) is -0.0539. The van der Waals surface area contributed by atoms with Gasteiger partial charge in [-0.2, -0.15) is 0 Å². The molecule has 0 radical (unpaired) electrons. The molecule has 2 aliphatic carbocycles. The van der Waals surface area contributed by atoms with Crippen molar-refractivity contribution in [2.24, 2.45) is 5.92 Å². The van der Waals surface area contributed by atoms with E-state index in [0.29, 0.717) is 0 Å². The molecule has 5 heteroatoms. The monoisotopic (exact) mass is 233 g/mol. The van der Waals surface area contributed by atoms with Gasteiger partial charge in [0.15, 0.2) is 0 Å². The van der Waals surface area contributed by atoms with Crippen LogP contribution in [0.15, 0.2) is 0 Å². The van der Waals surface area contributed by atoms with Gasteiger partial charge in [-0.1, -0.05) is 0 Å². The van der Waals surface area contributed by atoms with Gasteiger partial charge in [0, 0.05) is 18.8 Å². The molecule has 0 aromatic rings. The van der Waals surface area contributed by atoms with Crippen LogP contribution in [0.5, 0.6) is 0 Å². The minimum Gasteiger partial charge on any atom is -0.394 e. The first-order valence-corrected chi connectivity index (χ1v) is 5.77. The first kappa shape index (κ1) is 11.8. The molecule has 2 fully saturated rings. The fraction of sp³-hybridized carbons (Fsp3) is 0.909. The third kappa shape index (κ3) is 2.51. The molecule has 2 N–H and O–H groups in total. The molecule has 1 amide bonds. The Bertz CT molecular complexity index is 280. The van der Waals surface area contributed by atoms with Crippen LogP contribution in [-0.2, 0) is 4.79 Å². The van der Waals surface area contributed by atoms with E-state index in [9.17, 15) is 13.6 Å². The summed E-state index contributed by atoms with van der Waals surface area (Å²) < 4.78 is 25.8. The molecule has 16 heavy (non-hydrogen) atoms. The lowest BCUT2D eigenvalue weighted by Gasteiger charge is -2.28. The normalized spacial score (nSPS) is 27.4. The van der Waals surface area contributed by atoms with Crippen molar-refractivity contribution in [1.82, 2.24) is 5.32 Å². The molecule has 0 aliphatic heterocycles. The lowest BCUT2D eigenvalue weighted by atomic mass is 9.86. The van der Waals surface area contributed by atoms with Crippen LogP contribution < -0.4 is 5.32 Å². The van der Waals surface area contributed by atoms with Crippen LogP contribution in [0.2, 0.25) is 0 Å². The molecule has 2 saturated carbocycles. The topological polar surface area (TPSA) is 49.3 Å². The second-order valence-corrected chi connectivity index (χ2v) is 5.06. The van der Waals surface area contributed by atoms with Crippen molar-refractivity contribution in [1.29, 1.82) is 0 Å². The summed E-state index contributed by atoms with van der Waals surface area (Å²) >= 11 is 0. The van der Waals surface area contributed by atoms with Crippen LogP contribution in [0.25, 0.3) is 0 Å². The summed E-state index contributed by atoms with van der Waals surface area (Å²) in [6.07, 6.45) is 1.69. The number of alkyl halides is 2. The summed E-state index contributed by atoms with van der Waals surface area (Å²) in [4.78, 5) is 11.8. The Morgan fingerprint density at radius 1 is 1.25 bits per heavy atom. The number of rotatable bonds is 3. The molecule has 0 aromatic heterocycles. The van der Waals surface area contributed by atoms with E-state index < -0.39 is 11.5 Å². The summed E-state index contributed by atoms with van der Waals surface area (Å²) in [7, 11) is 0. The predicted octanol–water partition coefficient (Wildman–Crippen LogP) is 1.45. The van der Waals surface area contributed by atoms with Crippen LogP contribution in [0, 0.1) is 5.92 Å². The maximum Gasteiger partial charge on any atom is 0.248 e. The molecule has 0 unspecified atom stereocenters. The molecule has 0 saturated heterocycles. The zero-order chi connectivity index (χ0) is 11.8. The van der Waals surface area contributed by atoms with Crippen molar-refractivity contribution in [3.8, 4) is 0 Å². The molecular formula is C11H17F2NO2. The molecule has 0 spiro atoms. The van der Waals surface area contributed by atoms with Crippen molar-refractivity contribution in [3.63, 3.8) is 0 Å². The van der Waals surface area contributed by atoms with Crippen molar-refractivity contribution < 1.29 is 18.7 Å². The van der Waals surface area contributed by atoms with Crippen molar-refractivity contribution in [2.45, 2.75) is 50.0 Å². The van der Waals surface area contributed by atoms with Gasteiger partial charge in [0.05, 0.1) is 12.1 Å². The Morgan fingerprint density at radius 3 is 2.25 bits per heavy atom. The Balaban J connectivity index is 1.83. The SMILES string of the molecule is O=C(NC1(CO)CC1)C1CCC(F)(F)CC1. The Labute approximate surface area is 93.2 Å². The van der Waals surface area contributed by atoms with E-state index in [-0.39, 0.29) is 44.1 Å². The molecule has 2 aliphatic rings.